The summed E-state index contributed by atoms with van der Waals surface area (Å²) < 4.78 is 10.5. The normalized spacial score (nSPS) is 12.5. The lowest BCUT2D eigenvalue weighted by Gasteiger charge is -2.02. The number of nitrogens with zero attached hydrogens (tertiary/aromatic N) is 1. The fraction of sp³-hybridized carbons (Fsp3) is 0.222. The van der Waals surface area contributed by atoms with Crippen LogP contribution in [0, 0.1) is 0 Å². The molecule has 0 bridgehead atoms. The van der Waals surface area contributed by atoms with E-state index in [9.17, 15) is 4.79 Å². The summed E-state index contributed by atoms with van der Waals surface area (Å²) >= 11 is 1.60. The van der Waals surface area contributed by atoms with Crippen molar-refractivity contribution in [3.8, 4) is 11.5 Å². The van der Waals surface area contributed by atoms with Gasteiger partial charge >= 0.3 is 0 Å². The molecule has 0 saturated heterocycles. The van der Waals surface area contributed by atoms with E-state index >= 15 is 0 Å². The van der Waals surface area contributed by atoms with E-state index in [1.165, 1.54) is 5.56 Å². The van der Waals surface area contributed by atoms with Crippen LogP contribution in [0.2, 0.25) is 0 Å². The summed E-state index contributed by atoms with van der Waals surface area (Å²) in [6.45, 7) is 0.243. The van der Waals surface area contributed by atoms with Gasteiger partial charge in [0.2, 0.25) is 12.7 Å². The molecular formula is C18H18N2O3S. The van der Waals surface area contributed by atoms with Crippen LogP contribution < -0.4 is 14.9 Å². The first-order valence-corrected chi connectivity index (χ1v) is 8.80. The predicted octanol–water partition coefficient (Wildman–Crippen LogP) is 2.84. The van der Waals surface area contributed by atoms with Gasteiger partial charge in [-0.25, -0.2) is 5.43 Å². The van der Waals surface area contributed by atoms with Crippen molar-refractivity contribution in [2.75, 3.05) is 18.3 Å². The van der Waals surface area contributed by atoms with E-state index in [1.54, 1.807) is 18.0 Å². The lowest BCUT2D eigenvalue weighted by molar-refractivity contribution is -0.118. The molecule has 1 amide bonds. The highest BCUT2D eigenvalue weighted by Crippen LogP contribution is 2.31. The molecule has 0 atom stereocenters. The van der Waals surface area contributed by atoms with E-state index in [0.717, 1.165) is 23.5 Å². The van der Waals surface area contributed by atoms with Gasteiger partial charge in [0.25, 0.3) is 0 Å². The molecule has 1 aliphatic heterocycles. The third-order valence-electron chi connectivity index (χ3n) is 3.41. The third kappa shape index (κ3) is 4.76. The molecule has 0 radical (unpaired) electrons. The van der Waals surface area contributed by atoms with Gasteiger partial charge in [-0.3, -0.25) is 4.79 Å². The van der Waals surface area contributed by atoms with Gasteiger partial charge in [0, 0.05) is 0 Å². The minimum Gasteiger partial charge on any atom is -0.454 e. The van der Waals surface area contributed by atoms with Crippen LogP contribution in [0.5, 0.6) is 11.5 Å². The number of nitrogens with one attached hydrogen (secondary N) is 1. The molecule has 0 fully saturated rings. The maximum Gasteiger partial charge on any atom is 0.250 e. The number of fused-ring (bicyclic) bond motifs is 1. The largest absolute Gasteiger partial charge is 0.454 e. The van der Waals surface area contributed by atoms with Crippen molar-refractivity contribution < 1.29 is 14.3 Å². The molecule has 6 heteroatoms. The van der Waals surface area contributed by atoms with Crippen molar-refractivity contribution in [2.45, 2.75) is 6.42 Å². The van der Waals surface area contributed by atoms with Gasteiger partial charge in [-0.1, -0.05) is 30.3 Å². The Kier molecular flexibility index (Phi) is 5.74. The van der Waals surface area contributed by atoms with E-state index < -0.39 is 0 Å². The number of benzene rings is 2. The van der Waals surface area contributed by atoms with Crippen molar-refractivity contribution in [1.29, 1.82) is 0 Å². The molecule has 5 nitrogen and oxygen atoms in total. The topological polar surface area (TPSA) is 59.9 Å². The summed E-state index contributed by atoms with van der Waals surface area (Å²) in [6, 6.07) is 15.7. The maximum absolute atomic E-state index is 11.7. The first-order chi connectivity index (χ1) is 11.8. The Hall–Kier alpha value is -2.47. The molecule has 0 aromatic heterocycles. The van der Waals surface area contributed by atoms with Crippen LogP contribution >= 0.6 is 11.8 Å². The smallest absolute Gasteiger partial charge is 0.250 e. The quantitative estimate of drug-likeness (QED) is 0.477. The lowest BCUT2D eigenvalue weighted by Crippen LogP contribution is -2.20. The molecular weight excluding hydrogens is 324 g/mol. The number of hydrogen-bond donors (Lipinski definition) is 1. The molecule has 0 unspecified atom stereocenters. The van der Waals surface area contributed by atoms with Crippen LogP contribution in [0.1, 0.15) is 11.1 Å². The predicted molar refractivity (Wildman–Crippen MR) is 95.8 cm³/mol. The summed E-state index contributed by atoms with van der Waals surface area (Å²) in [4.78, 5) is 11.7. The Morgan fingerprint density at radius 3 is 2.88 bits per heavy atom. The van der Waals surface area contributed by atoms with E-state index in [4.69, 9.17) is 9.47 Å². The zero-order valence-electron chi connectivity index (χ0n) is 13.1. The van der Waals surface area contributed by atoms with E-state index in [-0.39, 0.29) is 12.7 Å². The number of ether oxygens (including phenoxy) is 2. The van der Waals surface area contributed by atoms with Gasteiger partial charge in [0.05, 0.1) is 12.0 Å². The van der Waals surface area contributed by atoms with Crippen molar-refractivity contribution in [2.24, 2.45) is 5.10 Å². The Labute approximate surface area is 145 Å². The first-order valence-electron chi connectivity index (χ1n) is 7.64. The molecule has 0 saturated carbocycles. The molecule has 2 aromatic rings. The number of hydrogen-bond acceptors (Lipinski definition) is 5. The van der Waals surface area contributed by atoms with E-state index in [2.05, 4.69) is 22.7 Å². The highest BCUT2D eigenvalue weighted by Gasteiger charge is 2.12. The number of hydrazone groups is 1. The second kappa shape index (κ2) is 8.40. The number of aryl methyl sites for hydroxylation is 1. The summed E-state index contributed by atoms with van der Waals surface area (Å²) in [6.07, 6.45) is 2.55. The van der Waals surface area contributed by atoms with Gasteiger partial charge in [-0.05, 0) is 41.5 Å². The molecule has 2 aromatic carbocycles. The fourth-order valence-electron chi connectivity index (χ4n) is 2.20. The minimum atomic E-state index is -0.106. The fourth-order valence-corrected chi connectivity index (χ4v) is 2.98. The van der Waals surface area contributed by atoms with E-state index in [0.29, 0.717) is 11.5 Å². The Morgan fingerprint density at radius 2 is 2.00 bits per heavy atom. The number of carbonyl (C=O) groups excluding carboxylic acids is 1. The summed E-state index contributed by atoms with van der Waals surface area (Å²) in [5.41, 5.74) is 4.66. The Bertz CT molecular complexity index is 719. The monoisotopic (exact) mass is 342 g/mol. The van der Waals surface area contributed by atoms with Gasteiger partial charge in [-0.2, -0.15) is 16.9 Å². The summed E-state index contributed by atoms with van der Waals surface area (Å²) in [5, 5.41) is 3.97. The molecule has 3 rings (SSSR count). The molecule has 1 aliphatic rings. The number of carbonyl (C=O) groups is 1. The van der Waals surface area contributed by atoms with Crippen LogP contribution in [-0.4, -0.2) is 30.4 Å². The van der Waals surface area contributed by atoms with Crippen LogP contribution in [0.4, 0.5) is 0 Å². The number of thioether (sulfide) groups is 1. The molecule has 24 heavy (non-hydrogen) atoms. The van der Waals surface area contributed by atoms with Gasteiger partial charge in [-0.15, -0.1) is 0 Å². The lowest BCUT2D eigenvalue weighted by atomic mass is 10.2. The average Bonchev–Trinajstić information content (AvgIpc) is 3.07. The molecule has 1 heterocycles. The molecule has 0 aliphatic carbocycles. The third-order valence-corrected chi connectivity index (χ3v) is 4.37. The zero-order valence-corrected chi connectivity index (χ0v) is 13.9. The SMILES string of the molecule is O=C(CSCCc1ccccc1)N/N=C/c1ccc2c(c1)OCO2. The van der Waals surface area contributed by atoms with Gasteiger partial charge < -0.3 is 9.47 Å². The number of amides is 1. The van der Waals surface area contributed by atoms with Crippen LogP contribution in [0.15, 0.2) is 53.6 Å². The van der Waals surface area contributed by atoms with Crippen molar-refractivity contribution in [3.05, 3.63) is 59.7 Å². The second-order valence-electron chi connectivity index (χ2n) is 5.19. The van der Waals surface area contributed by atoms with E-state index in [1.807, 2.05) is 36.4 Å². The molecule has 124 valence electrons. The second-order valence-corrected chi connectivity index (χ2v) is 6.30. The highest BCUT2D eigenvalue weighted by atomic mass is 32.2. The van der Waals surface area contributed by atoms with Crippen molar-refractivity contribution in [1.82, 2.24) is 5.43 Å². The summed E-state index contributed by atoms with van der Waals surface area (Å²) in [7, 11) is 0. The van der Waals surface area contributed by atoms with Crippen molar-refractivity contribution in [3.63, 3.8) is 0 Å². The molecule has 0 spiro atoms. The zero-order chi connectivity index (χ0) is 16.6. The van der Waals surface area contributed by atoms with Crippen LogP contribution in [0.25, 0.3) is 0 Å². The Balaban J connectivity index is 1.36. The highest BCUT2D eigenvalue weighted by molar-refractivity contribution is 7.99. The van der Waals surface area contributed by atoms with Gasteiger partial charge in [0.15, 0.2) is 11.5 Å². The van der Waals surface area contributed by atoms with Gasteiger partial charge in [0.1, 0.15) is 0 Å². The van der Waals surface area contributed by atoms with Crippen LogP contribution in [-0.2, 0) is 11.2 Å². The average molecular weight is 342 g/mol. The molecule has 1 N–H and O–H groups in total. The van der Waals surface area contributed by atoms with Crippen molar-refractivity contribution >= 4 is 23.9 Å². The maximum atomic E-state index is 11.7. The Morgan fingerprint density at radius 1 is 1.17 bits per heavy atom. The van der Waals surface area contributed by atoms with Crippen LogP contribution in [0.3, 0.4) is 0 Å². The minimum absolute atomic E-state index is 0.106. The number of rotatable bonds is 7. The standard InChI is InChI=1S/C18H18N2O3S/c21-18(12-24-9-8-14-4-2-1-3-5-14)20-19-11-15-6-7-16-17(10-15)23-13-22-16/h1-7,10-11H,8-9,12-13H2,(H,20,21)/b19-11+. The summed E-state index contributed by atoms with van der Waals surface area (Å²) in [5.74, 6) is 2.62. The first kappa shape index (κ1) is 16.4.